The first-order valence-electron chi connectivity index (χ1n) is 14.3. The maximum absolute atomic E-state index is 14.3. The summed E-state index contributed by atoms with van der Waals surface area (Å²) in [5.74, 6) is -0.426. The third-order valence-electron chi connectivity index (χ3n) is 13.2. The minimum absolute atomic E-state index is 0.0325. The lowest BCUT2D eigenvalue weighted by atomic mass is 9.33. The predicted molar refractivity (Wildman–Crippen MR) is 139 cm³/mol. The van der Waals surface area contributed by atoms with E-state index < -0.39 is 28.0 Å². The van der Waals surface area contributed by atoms with Gasteiger partial charge in [0.05, 0.1) is 5.41 Å². The lowest BCUT2D eigenvalue weighted by molar-refractivity contribution is -0.774. The first-order chi connectivity index (χ1) is 16.9. The monoisotopic (exact) mass is 515 g/mol. The highest BCUT2D eigenvalue weighted by molar-refractivity contribution is 5.95. The second-order valence-electron chi connectivity index (χ2n) is 15.2. The Hall–Kier alpha value is -1.92. The topological polar surface area (TPSA) is 107 Å². The minimum atomic E-state index is -0.757. The number of carbonyl (C=O) groups excluding carboxylic acids is 1. The normalized spacial score (nSPS) is 50.5. The van der Waals surface area contributed by atoms with Gasteiger partial charge in [0, 0.05) is 5.92 Å². The summed E-state index contributed by atoms with van der Waals surface area (Å²) >= 11 is 0. The number of fused-ring (bicyclic) bond motifs is 7. The molecule has 0 bridgehead atoms. The van der Waals surface area contributed by atoms with E-state index in [-0.39, 0.29) is 45.2 Å². The zero-order chi connectivity index (χ0) is 27.4. The minimum Gasteiger partial charge on any atom is -0.481 e. The van der Waals surface area contributed by atoms with Gasteiger partial charge < -0.3 is 9.94 Å². The van der Waals surface area contributed by atoms with E-state index in [1.54, 1.807) is 0 Å². The number of ketones is 1. The van der Waals surface area contributed by atoms with Crippen molar-refractivity contribution in [1.29, 1.82) is 0 Å². The lowest BCUT2D eigenvalue weighted by Gasteiger charge is -2.70. The molecule has 7 nitrogen and oxygen atoms in total. The van der Waals surface area contributed by atoms with E-state index in [0.717, 1.165) is 38.5 Å². The molecule has 0 aromatic rings. The average Bonchev–Trinajstić information content (AvgIpc) is 2.78. The third-order valence-corrected chi connectivity index (χ3v) is 13.2. The quantitative estimate of drug-likeness (QED) is 0.334. The molecule has 0 radical (unpaired) electrons. The van der Waals surface area contributed by atoms with Crippen LogP contribution in [0.25, 0.3) is 0 Å². The summed E-state index contributed by atoms with van der Waals surface area (Å²) in [4.78, 5) is 43.0. The second-order valence-corrected chi connectivity index (χ2v) is 15.2. The Bertz CT molecular complexity index is 1080. The zero-order valence-corrected chi connectivity index (χ0v) is 23.7. The molecule has 0 aromatic carbocycles. The van der Waals surface area contributed by atoms with Crippen molar-refractivity contribution < 1.29 is 24.6 Å². The van der Waals surface area contributed by atoms with Crippen LogP contribution in [0.2, 0.25) is 0 Å². The van der Waals surface area contributed by atoms with Gasteiger partial charge in [0.15, 0.2) is 5.78 Å². The summed E-state index contributed by atoms with van der Waals surface area (Å²) in [6.07, 6.45) is 8.87. The van der Waals surface area contributed by atoms with E-state index in [0.29, 0.717) is 19.3 Å². The number of aliphatic carboxylic acids is 1. The summed E-state index contributed by atoms with van der Waals surface area (Å²) in [6.45, 7) is 15.3. The van der Waals surface area contributed by atoms with Crippen molar-refractivity contribution in [1.82, 2.24) is 0 Å². The number of hydrogen-bond donors (Lipinski definition) is 1. The summed E-state index contributed by atoms with van der Waals surface area (Å²) in [7, 11) is 0. The van der Waals surface area contributed by atoms with Crippen molar-refractivity contribution in [2.24, 2.45) is 50.2 Å². The Morgan fingerprint density at radius 2 is 1.65 bits per heavy atom. The molecule has 206 valence electrons. The maximum Gasteiger partial charge on any atom is 0.309 e. The molecule has 7 heteroatoms. The molecule has 4 saturated carbocycles. The first kappa shape index (κ1) is 26.7. The fraction of sp³-hybridized carbons (Fsp3) is 0.867. The summed E-state index contributed by atoms with van der Waals surface area (Å²) in [5.41, 5.74) is -0.590. The van der Waals surface area contributed by atoms with Gasteiger partial charge in [-0.25, -0.2) is 0 Å². The van der Waals surface area contributed by atoms with Crippen LogP contribution in [-0.2, 0) is 14.4 Å². The van der Waals surface area contributed by atoms with Gasteiger partial charge in [0.25, 0.3) is 5.09 Å². The fourth-order valence-electron chi connectivity index (χ4n) is 10.6. The number of carboxylic acids is 1. The number of nitrogens with zero attached hydrogens (tertiary/aromatic N) is 1. The number of allylic oxidation sites excluding steroid dienone is 2. The molecule has 0 aromatic heterocycles. The Morgan fingerprint density at radius 3 is 2.27 bits per heavy atom. The van der Waals surface area contributed by atoms with Gasteiger partial charge in [-0.15, -0.1) is 10.1 Å². The molecule has 0 saturated heterocycles. The molecular formula is C30H45NO6. The SMILES string of the molecule is CC1(C)[C@@H](O[N+](=O)[O-])CC[C@]2(C)[C@H]3C(=O)C=C4[C@@H]5C[C@@](C)(C(=O)O)CC[C@]5(C)CC[C@@]4(C)[C@]3(C)CC[C@@H]12. The molecule has 0 aliphatic heterocycles. The van der Waals surface area contributed by atoms with Crippen LogP contribution >= 0.6 is 0 Å². The molecule has 0 amide bonds. The van der Waals surface area contributed by atoms with Gasteiger partial charge in [0.2, 0.25) is 0 Å². The van der Waals surface area contributed by atoms with E-state index in [1.165, 1.54) is 5.57 Å². The van der Waals surface area contributed by atoms with Crippen LogP contribution in [0.3, 0.4) is 0 Å². The van der Waals surface area contributed by atoms with Crippen molar-refractivity contribution in [2.75, 3.05) is 0 Å². The molecule has 5 aliphatic rings. The lowest BCUT2D eigenvalue weighted by Crippen LogP contribution is -2.66. The van der Waals surface area contributed by atoms with Gasteiger partial charge in [-0.3, -0.25) is 9.59 Å². The second kappa shape index (κ2) is 7.81. The molecule has 9 atom stereocenters. The van der Waals surface area contributed by atoms with Crippen LogP contribution in [0.1, 0.15) is 106 Å². The molecule has 5 rings (SSSR count). The van der Waals surface area contributed by atoms with Crippen molar-refractivity contribution in [3.63, 3.8) is 0 Å². The molecule has 0 heterocycles. The number of carboxylic acid groups (broad SMARTS) is 1. The smallest absolute Gasteiger partial charge is 0.309 e. The van der Waals surface area contributed by atoms with Crippen LogP contribution in [0.15, 0.2) is 11.6 Å². The van der Waals surface area contributed by atoms with Crippen LogP contribution < -0.4 is 0 Å². The summed E-state index contributed by atoms with van der Waals surface area (Å²) < 4.78 is 0. The molecule has 5 aliphatic carbocycles. The largest absolute Gasteiger partial charge is 0.481 e. The van der Waals surface area contributed by atoms with Crippen molar-refractivity contribution in [3.8, 4) is 0 Å². The Morgan fingerprint density at radius 1 is 1.00 bits per heavy atom. The van der Waals surface area contributed by atoms with E-state index >= 15 is 0 Å². The Kier molecular flexibility index (Phi) is 5.63. The highest BCUT2D eigenvalue weighted by Crippen LogP contribution is 2.75. The van der Waals surface area contributed by atoms with Crippen LogP contribution in [0, 0.1) is 60.4 Å². The average molecular weight is 516 g/mol. The summed E-state index contributed by atoms with van der Waals surface area (Å²) in [5, 5.41) is 20.7. The van der Waals surface area contributed by atoms with Gasteiger partial charge in [-0.2, -0.15) is 0 Å². The number of rotatable bonds is 3. The predicted octanol–water partition coefficient (Wildman–Crippen LogP) is 6.63. The molecular weight excluding hydrogens is 470 g/mol. The van der Waals surface area contributed by atoms with Crippen molar-refractivity contribution >= 4 is 11.8 Å². The summed E-state index contributed by atoms with van der Waals surface area (Å²) in [6, 6.07) is 0. The van der Waals surface area contributed by atoms with Crippen LogP contribution in [0.5, 0.6) is 0 Å². The standard InChI is InChI=1S/C30H45NO6/c1-25(2)21-8-11-30(7)23(28(21,5)10-9-22(25)37-31(35)36)20(32)16-18-19-17-27(4,24(33)34)13-12-26(19,3)14-15-29(18,30)6/h16,19,21-23H,8-15,17H2,1-7H3,(H,33,34)/t19-,21-,22-,23+,26+,27-,28-,29+,30+/m0/s1. The van der Waals surface area contributed by atoms with E-state index in [4.69, 9.17) is 4.84 Å². The van der Waals surface area contributed by atoms with E-state index in [9.17, 15) is 24.8 Å². The molecule has 37 heavy (non-hydrogen) atoms. The highest BCUT2D eigenvalue weighted by Gasteiger charge is 2.70. The Balaban J connectivity index is 1.58. The molecule has 1 N–H and O–H groups in total. The van der Waals surface area contributed by atoms with Gasteiger partial charge >= 0.3 is 5.97 Å². The fourth-order valence-corrected chi connectivity index (χ4v) is 10.6. The van der Waals surface area contributed by atoms with Gasteiger partial charge in [-0.1, -0.05) is 47.1 Å². The van der Waals surface area contributed by atoms with E-state index in [1.807, 2.05) is 13.0 Å². The van der Waals surface area contributed by atoms with Gasteiger partial charge in [-0.05, 0) is 110 Å². The first-order valence-corrected chi connectivity index (χ1v) is 14.3. The zero-order valence-electron chi connectivity index (χ0n) is 23.7. The van der Waals surface area contributed by atoms with Gasteiger partial charge in [0.1, 0.15) is 6.10 Å². The van der Waals surface area contributed by atoms with Crippen LogP contribution in [0.4, 0.5) is 0 Å². The van der Waals surface area contributed by atoms with E-state index in [2.05, 4.69) is 41.5 Å². The van der Waals surface area contributed by atoms with Crippen molar-refractivity contribution in [3.05, 3.63) is 21.8 Å². The van der Waals surface area contributed by atoms with Crippen LogP contribution in [-0.4, -0.2) is 28.0 Å². The highest BCUT2D eigenvalue weighted by atomic mass is 17.0. The molecule has 0 spiro atoms. The van der Waals surface area contributed by atoms with Crippen molar-refractivity contribution in [2.45, 2.75) is 112 Å². The maximum atomic E-state index is 14.3. The number of hydrogen-bond acceptors (Lipinski definition) is 5. The third kappa shape index (κ3) is 3.37. The molecule has 4 fully saturated rings. The number of carbonyl (C=O) groups is 2. The molecule has 0 unspecified atom stereocenters. The Labute approximate surface area is 220 Å².